The standard InChI is InChI=1S/C51H96NO7P/c1-6-8-10-12-14-16-18-20-22-24-26-28-30-32-34-36-38-40-42-44-51(53)59-50(49-58-60(54,55)57-47-45-52(3,4)5)48-56-46-43-41-39-37-35-33-31-29-27-25-23-21-19-17-15-13-11-9-7-2/h14,16,20,22-23,25-26,28,50H,6-13,15,17-19,21,24,27,29-49H2,1-5H3/b16-14-,22-20-,25-23-,28-26-. The van der Waals surface area contributed by atoms with Gasteiger partial charge < -0.3 is 27.9 Å². The van der Waals surface area contributed by atoms with Crippen LogP contribution in [0.2, 0.25) is 0 Å². The van der Waals surface area contributed by atoms with Gasteiger partial charge in [0, 0.05) is 13.0 Å². The molecule has 0 aliphatic rings. The highest BCUT2D eigenvalue weighted by atomic mass is 31.2. The number of hydrogen-bond acceptors (Lipinski definition) is 7. The summed E-state index contributed by atoms with van der Waals surface area (Å²) >= 11 is 0. The Morgan fingerprint density at radius 2 is 0.917 bits per heavy atom. The van der Waals surface area contributed by atoms with Gasteiger partial charge in [0.25, 0.3) is 7.82 Å². The van der Waals surface area contributed by atoms with E-state index in [-0.39, 0.29) is 25.8 Å². The van der Waals surface area contributed by atoms with Crippen molar-refractivity contribution in [2.24, 2.45) is 0 Å². The highest BCUT2D eigenvalue weighted by Crippen LogP contribution is 2.38. The molecule has 0 rings (SSSR count). The number of quaternary nitrogens is 1. The van der Waals surface area contributed by atoms with Gasteiger partial charge in [0.05, 0.1) is 34.4 Å². The van der Waals surface area contributed by atoms with Gasteiger partial charge in [-0.1, -0.05) is 178 Å². The number of phosphoric ester groups is 1. The van der Waals surface area contributed by atoms with Crippen LogP contribution in [-0.2, 0) is 27.9 Å². The Labute approximate surface area is 371 Å². The zero-order valence-electron chi connectivity index (χ0n) is 39.9. The number of hydrogen-bond donors (Lipinski definition) is 0. The van der Waals surface area contributed by atoms with E-state index < -0.39 is 13.9 Å². The summed E-state index contributed by atoms with van der Waals surface area (Å²) in [5, 5.41) is 0. The molecule has 0 fully saturated rings. The van der Waals surface area contributed by atoms with E-state index in [0.717, 1.165) is 57.8 Å². The predicted molar refractivity (Wildman–Crippen MR) is 254 cm³/mol. The van der Waals surface area contributed by atoms with Crippen molar-refractivity contribution in [3.8, 4) is 0 Å². The first-order valence-corrected chi connectivity index (χ1v) is 26.3. The smallest absolute Gasteiger partial charge is 0.306 e. The van der Waals surface area contributed by atoms with E-state index in [9.17, 15) is 14.3 Å². The van der Waals surface area contributed by atoms with E-state index in [0.29, 0.717) is 24.1 Å². The van der Waals surface area contributed by atoms with Crippen molar-refractivity contribution in [3.05, 3.63) is 48.6 Å². The number of nitrogens with zero attached hydrogens (tertiary/aromatic N) is 1. The summed E-state index contributed by atoms with van der Waals surface area (Å²) in [6.07, 6.45) is 54.1. The average Bonchev–Trinajstić information content (AvgIpc) is 3.20. The van der Waals surface area contributed by atoms with Crippen LogP contribution in [0.1, 0.15) is 213 Å². The normalized spacial score (nSPS) is 14.0. The quantitative estimate of drug-likeness (QED) is 0.0198. The van der Waals surface area contributed by atoms with Gasteiger partial charge >= 0.3 is 5.97 Å². The summed E-state index contributed by atoms with van der Waals surface area (Å²) in [6, 6.07) is 0. The second-order valence-corrected chi connectivity index (χ2v) is 19.2. The average molecular weight is 866 g/mol. The number of ether oxygens (including phenoxy) is 2. The fourth-order valence-corrected chi connectivity index (χ4v) is 7.45. The lowest BCUT2D eigenvalue weighted by atomic mass is 10.1. The highest BCUT2D eigenvalue weighted by molar-refractivity contribution is 7.45. The van der Waals surface area contributed by atoms with Gasteiger partial charge in [-0.15, -0.1) is 0 Å². The molecule has 0 saturated heterocycles. The van der Waals surface area contributed by atoms with E-state index in [1.54, 1.807) is 0 Å². The molecular weight excluding hydrogens is 770 g/mol. The molecule has 0 aliphatic heterocycles. The molecule has 352 valence electrons. The molecule has 0 aromatic carbocycles. The van der Waals surface area contributed by atoms with Crippen molar-refractivity contribution < 1.29 is 37.3 Å². The lowest BCUT2D eigenvalue weighted by Crippen LogP contribution is -2.37. The number of carbonyl (C=O) groups is 1. The number of esters is 1. The number of likely N-dealkylation sites (N-methyl/N-ethyl adjacent to an activating group) is 1. The molecule has 0 radical (unpaired) electrons. The third kappa shape index (κ3) is 47.5. The van der Waals surface area contributed by atoms with E-state index in [1.807, 2.05) is 21.1 Å². The van der Waals surface area contributed by atoms with Crippen LogP contribution in [0.25, 0.3) is 0 Å². The predicted octanol–water partition coefficient (Wildman–Crippen LogP) is 14.5. The minimum Gasteiger partial charge on any atom is -0.756 e. The molecule has 0 amide bonds. The topological polar surface area (TPSA) is 94.1 Å². The molecule has 2 atom stereocenters. The lowest BCUT2D eigenvalue weighted by Gasteiger charge is -2.28. The van der Waals surface area contributed by atoms with E-state index in [1.165, 1.54) is 135 Å². The van der Waals surface area contributed by atoms with Gasteiger partial charge in [-0.3, -0.25) is 9.36 Å². The van der Waals surface area contributed by atoms with Crippen LogP contribution in [0.5, 0.6) is 0 Å². The van der Waals surface area contributed by atoms with Crippen molar-refractivity contribution in [1.29, 1.82) is 0 Å². The van der Waals surface area contributed by atoms with Crippen LogP contribution in [0, 0.1) is 0 Å². The number of carbonyl (C=O) groups excluding carboxylic acids is 1. The van der Waals surface area contributed by atoms with Gasteiger partial charge in [-0.2, -0.15) is 0 Å². The van der Waals surface area contributed by atoms with Crippen LogP contribution >= 0.6 is 7.82 Å². The third-order valence-electron chi connectivity index (χ3n) is 10.6. The highest BCUT2D eigenvalue weighted by Gasteiger charge is 2.20. The zero-order chi connectivity index (χ0) is 44.1. The molecule has 60 heavy (non-hydrogen) atoms. The molecular formula is C51H96NO7P. The number of unbranched alkanes of at least 4 members (excludes halogenated alkanes) is 24. The summed E-state index contributed by atoms with van der Waals surface area (Å²) in [5.74, 6) is -0.347. The fourth-order valence-electron chi connectivity index (χ4n) is 6.72. The Morgan fingerprint density at radius 3 is 1.42 bits per heavy atom. The van der Waals surface area contributed by atoms with Gasteiger partial charge in [-0.25, -0.2) is 0 Å². The van der Waals surface area contributed by atoms with E-state index in [4.69, 9.17) is 18.5 Å². The Balaban J connectivity index is 4.20. The maximum absolute atomic E-state index is 12.7. The molecule has 0 bridgehead atoms. The molecule has 0 heterocycles. The van der Waals surface area contributed by atoms with Gasteiger partial charge in [-0.05, 0) is 77.0 Å². The van der Waals surface area contributed by atoms with Crippen molar-refractivity contribution in [2.45, 2.75) is 219 Å². The largest absolute Gasteiger partial charge is 0.756 e. The van der Waals surface area contributed by atoms with Crippen molar-refractivity contribution in [1.82, 2.24) is 0 Å². The van der Waals surface area contributed by atoms with Crippen LogP contribution in [0.15, 0.2) is 48.6 Å². The Bertz CT molecular complexity index is 1100. The summed E-state index contributed by atoms with van der Waals surface area (Å²) in [5.41, 5.74) is 0. The molecule has 2 unspecified atom stereocenters. The van der Waals surface area contributed by atoms with Gasteiger partial charge in [0.2, 0.25) is 0 Å². The molecule has 0 aromatic rings. The number of rotatable bonds is 46. The molecule has 0 aromatic heterocycles. The first-order valence-electron chi connectivity index (χ1n) is 24.9. The first-order chi connectivity index (χ1) is 29.1. The molecule has 0 aliphatic carbocycles. The maximum atomic E-state index is 12.7. The SMILES string of the molecule is CCCCC/C=C\C/C=C\C/C=C\CCCCCCCCC(=O)OC(COCCCCCCCCCC/C=C\CCCCCCCCC)COP(=O)([O-])OCC[N+](C)(C)C. The van der Waals surface area contributed by atoms with Gasteiger partial charge in [0.1, 0.15) is 19.3 Å². The van der Waals surface area contributed by atoms with Crippen molar-refractivity contribution >= 4 is 13.8 Å². The number of phosphoric acid groups is 1. The Morgan fingerprint density at radius 1 is 0.517 bits per heavy atom. The Hall–Kier alpha value is -1.54. The second kappa shape index (κ2) is 44.1. The summed E-state index contributed by atoms with van der Waals surface area (Å²) in [4.78, 5) is 25.1. The van der Waals surface area contributed by atoms with Crippen LogP contribution < -0.4 is 4.89 Å². The molecule has 0 spiro atoms. The van der Waals surface area contributed by atoms with E-state index in [2.05, 4.69) is 62.5 Å². The minimum absolute atomic E-state index is 0.0217. The maximum Gasteiger partial charge on any atom is 0.306 e. The van der Waals surface area contributed by atoms with Crippen LogP contribution in [0.3, 0.4) is 0 Å². The summed E-state index contributed by atoms with van der Waals surface area (Å²) in [6.45, 7) is 5.37. The first kappa shape index (κ1) is 58.5. The van der Waals surface area contributed by atoms with Crippen LogP contribution in [-0.4, -0.2) is 70.7 Å². The van der Waals surface area contributed by atoms with Crippen molar-refractivity contribution in [2.75, 3.05) is 54.1 Å². The third-order valence-corrected chi connectivity index (χ3v) is 11.6. The lowest BCUT2D eigenvalue weighted by molar-refractivity contribution is -0.870. The molecule has 0 saturated carbocycles. The minimum atomic E-state index is -4.53. The molecule has 8 nitrogen and oxygen atoms in total. The fraction of sp³-hybridized carbons (Fsp3) is 0.824. The summed E-state index contributed by atoms with van der Waals surface area (Å²) < 4.78 is 34.7. The summed E-state index contributed by atoms with van der Waals surface area (Å²) in [7, 11) is 1.34. The van der Waals surface area contributed by atoms with Crippen LogP contribution in [0.4, 0.5) is 0 Å². The number of allylic oxidation sites excluding steroid dienone is 8. The Kier molecular flexibility index (Phi) is 43.0. The van der Waals surface area contributed by atoms with Gasteiger partial charge in [0.15, 0.2) is 0 Å². The monoisotopic (exact) mass is 866 g/mol. The zero-order valence-corrected chi connectivity index (χ0v) is 40.8. The van der Waals surface area contributed by atoms with E-state index >= 15 is 0 Å². The second-order valence-electron chi connectivity index (χ2n) is 17.8. The molecule has 0 N–H and O–H groups in total. The van der Waals surface area contributed by atoms with Crippen molar-refractivity contribution in [3.63, 3.8) is 0 Å². The molecule has 9 heteroatoms.